The van der Waals surface area contributed by atoms with Gasteiger partial charge in [0.15, 0.2) is 0 Å². The number of benzene rings is 2. The Labute approximate surface area is 175 Å². The van der Waals surface area contributed by atoms with Crippen LogP contribution < -0.4 is 10.1 Å². The minimum Gasteiger partial charge on any atom is -0.497 e. The summed E-state index contributed by atoms with van der Waals surface area (Å²) in [6, 6.07) is 10.9. The first-order chi connectivity index (χ1) is 13.9. The van der Waals surface area contributed by atoms with Crippen molar-refractivity contribution in [2.24, 2.45) is 0 Å². The van der Waals surface area contributed by atoms with Crippen LogP contribution in [0, 0.1) is 5.82 Å². The van der Waals surface area contributed by atoms with Crippen LogP contribution in [0.25, 0.3) is 0 Å². The molecule has 2 amide bonds. The van der Waals surface area contributed by atoms with Gasteiger partial charge in [-0.15, -0.1) is 0 Å². The number of nitrogens with zero attached hydrogens (tertiary/aromatic N) is 1. The van der Waals surface area contributed by atoms with Crippen molar-refractivity contribution in [1.82, 2.24) is 10.2 Å². The molecule has 0 heterocycles. The number of likely N-dealkylation sites (N-methyl/N-ethyl adjacent to an activating group) is 1. The summed E-state index contributed by atoms with van der Waals surface area (Å²) in [6.45, 7) is 4.33. The second-order valence-corrected chi connectivity index (χ2v) is 6.97. The van der Waals surface area contributed by atoms with E-state index in [-0.39, 0.29) is 35.4 Å². The molecule has 156 valence electrons. The van der Waals surface area contributed by atoms with Crippen molar-refractivity contribution in [2.45, 2.75) is 39.3 Å². The number of ether oxygens (including phenoxy) is 1. The van der Waals surface area contributed by atoms with Gasteiger partial charge in [0.05, 0.1) is 13.5 Å². The molecule has 5 nitrogen and oxygen atoms in total. The van der Waals surface area contributed by atoms with E-state index in [9.17, 15) is 14.0 Å². The Morgan fingerprint density at radius 1 is 1.17 bits per heavy atom. The van der Waals surface area contributed by atoms with Gasteiger partial charge >= 0.3 is 0 Å². The first-order valence-electron chi connectivity index (χ1n) is 9.54. The third kappa shape index (κ3) is 5.94. The Hall–Kier alpha value is -2.60. The summed E-state index contributed by atoms with van der Waals surface area (Å²) < 4.78 is 19.4. The van der Waals surface area contributed by atoms with Gasteiger partial charge in [0.1, 0.15) is 17.6 Å². The fourth-order valence-corrected chi connectivity index (χ4v) is 3.32. The van der Waals surface area contributed by atoms with Gasteiger partial charge in [0, 0.05) is 23.7 Å². The van der Waals surface area contributed by atoms with E-state index >= 15 is 0 Å². The molecule has 2 aromatic carbocycles. The minimum atomic E-state index is -0.671. The molecule has 0 radical (unpaired) electrons. The molecule has 0 unspecified atom stereocenters. The number of nitrogens with one attached hydrogen (secondary N) is 1. The highest BCUT2D eigenvalue weighted by molar-refractivity contribution is 6.31. The molecule has 0 aromatic heterocycles. The lowest BCUT2D eigenvalue weighted by molar-refractivity contribution is -0.140. The van der Waals surface area contributed by atoms with Gasteiger partial charge in [-0.25, -0.2) is 4.39 Å². The summed E-state index contributed by atoms with van der Waals surface area (Å²) in [5, 5.41) is 2.96. The number of amides is 2. The first-order valence-corrected chi connectivity index (χ1v) is 9.92. The second-order valence-electron chi connectivity index (χ2n) is 6.57. The van der Waals surface area contributed by atoms with Crippen LogP contribution in [-0.2, 0) is 22.6 Å². The Morgan fingerprint density at radius 2 is 1.86 bits per heavy atom. The fourth-order valence-electron chi connectivity index (χ4n) is 3.09. The Morgan fingerprint density at radius 3 is 2.41 bits per heavy atom. The van der Waals surface area contributed by atoms with Crippen molar-refractivity contribution in [1.29, 1.82) is 0 Å². The second kappa shape index (κ2) is 10.8. The van der Waals surface area contributed by atoms with Crippen molar-refractivity contribution in [3.63, 3.8) is 0 Å². The summed E-state index contributed by atoms with van der Waals surface area (Å²) >= 11 is 6.09. The van der Waals surface area contributed by atoms with E-state index in [1.807, 2.05) is 26.0 Å². The lowest BCUT2D eigenvalue weighted by atomic mass is 10.1. The predicted octanol–water partition coefficient (Wildman–Crippen LogP) is 3.97. The minimum absolute atomic E-state index is 0.129. The fraction of sp³-hybridized carbons (Fsp3) is 0.364. The van der Waals surface area contributed by atoms with Crippen LogP contribution >= 0.6 is 11.6 Å². The maximum absolute atomic E-state index is 14.2. The van der Waals surface area contributed by atoms with Crippen LogP contribution in [0.15, 0.2) is 42.5 Å². The molecule has 2 aromatic rings. The van der Waals surface area contributed by atoms with Gasteiger partial charge in [-0.1, -0.05) is 36.7 Å². The van der Waals surface area contributed by atoms with Crippen LogP contribution in [0.5, 0.6) is 5.75 Å². The van der Waals surface area contributed by atoms with Gasteiger partial charge in [-0.05, 0) is 43.2 Å². The molecule has 0 aliphatic rings. The van der Waals surface area contributed by atoms with E-state index in [1.54, 1.807) is 25.3 Å². The SMILES string of the molecule is CCNC(=O)[C@H](CC)N(Cc1ccc(OC)cc1)C(=O)Cc1c(F)cccc1Cl. The monoisotopic (exact) mass is 420 g/mol. The molecule has 2 rings (SSSR count). The maximum Gasteiger partial charge on any atom is 0.242 e. The quantitative estimate of drug-likeness (QED) is 0.667. The molecular weight excluding hydrogens is 395 g/mol. The van der Waals surface area contributed by atoms with Crippen LogP contribution in [0.3, 0.4) is 0 Å². The molecule has 0 bridgehead atoms. The first kappa shape index (κ1) is 22.7. The molecule has 29 heavy (non-hydrogen) atoms. The number of halogens is 2. The maximum atomic E-state index is 14.2. The summed E-state index contributed by atoms with van der Waals surface area (Å²) in [5.41, 5.74) is 0.964. The van der Waals surface area contributed by atoms with Gasteiger partial charge in [-0.3, -0.25) is 9.59 Å². The lowest BCUT2D eigenvalue weighted by Gasteiger charge is -2.31. The Kier molecular flexibility index (Phi) is 8.46. The van der Waals surface area contributed by atoms with Crippen LogP contribution in [0.4, 0.5) is 4.39 Å². The summed E-state index contributed by atoms with van der Waals surface area (Å²) in [4.78, 5) is 27.2. The lowest BCUT2D eigenvalue weighted by Crippen LogP contribution is -2.49. The van der Waals surface area contributed by atoms with Crippen molar-refractivity contribution in [3.8, 4) is 5.75 Å². The molecule has 0 fully saturated rings. The topological polar surface area (TPSA) is 58.6 Å². The normalized spacial score (nSPS) is 11.6. The van der Waals surface area contributed by atoms with Gasteiger partial charge in [0.2, 0.25) is 11.8 Å². The number of rotatable bonds is 9. The summed E-state index contributed by atoms with van der Waals surface area (Å²) in [5.74, 6) is -0.454. The zero-order valence-corrected chi connectivity index (χ0v) is 17.6. The number of hydrogen-bond acceptors (Lipinski definition) is 3. The van der Waals surface area contributed by atoms with E-state index in [0.29, 0.717) is 18.7 Å². The van der Waals surface area contributed by atoms with Crippen molar-refractivity contribution < 1.29 is 18.7 Å². The van der Waals surface area contributed by atoms with Crippen molar-refractivity contribution in [3.05, 3.63) is 64.4 Å². The zero-order chi connectivity index (χ0) is 21.4. The predicted molar refractivity (Wildman–Crippen MR) is 111 cm³/mol. The third-order valence-corrected chi connectivity index (χ3v) is 4.99. The summed E-state index contributed by atoms with van der Waals surface area (Å²) in [6.07, 6.45) is 0.205. The number of carbonyl (C=O) groups is 2. The molecule has 7 heteroatoms. The molecule has 0 saturated heterocycles. The molecule has 0 aliphatic heterocycles. The largest absolute Gasteiger partial charge is 0.497 e. The average Bonchev–Trinajstić information content (AvgIpc) is 2.71. The molecule has 0 aliphatic carbocycles. The molecule has 1 atom stereocenters. The third-order valence-electron chi connectivity index (χ3n) is 4.64. The van der Waals surface area contributed by atoms with Crippen LogP contribution in [-0.4, -0.2) is 36.4 Å². The Balaban J connectivity index is 2.33. The molecule has 0 saturated carbocycles. The zero-order valence-electron chi connectivity index (χ0n) is 16.9. The van der Waals surface area contributed by atoms with E-state index in [0.717, 1.165) is 5.56 Å². The highest BCUT2D eigenvalue weighted by Gasteiger charge is 2.29. The van der Waals surface area contributed by atoms with Crippen molar-refractivity contribution in [2.75, 3.05) is 13.7 Å². The number of hydrogen-bond donors (Lipinski definition) is 1. The van der Waals surface area contributed by atoms with Gasteiger partial charge in [0.25, 0.3) is 0 Å². The standard InChI is InChI=1S/C22H26ClFN2O3/c1-4-20(22(28)25-5-2)26(14-15-9-11-16(29-3)12-10-15)21(27)13-17-18(23)7-6-8-19(17)24/h6-12,20H,4-5,13-14H2,1-3H3,(H,25,28)/t20-/m0/s1. The van der Waals surface area contributed by atoms with E-state index in [4.69, 9.17) is 16.3 Å². The highest BCUT2D eigenvalue weighted by atomic mass is 35.5. The van der Waals surface area contributed by atoms with E-state index in [1.165, 1.54) is 17.0 Å². The average molecular weight is 421 g/mol. The Bertz CT molecular complexity index is 822. The van der Waals surface area contributed by atoms with Crippen LogP contribution in [0.1, 0.15) is 31.4 Å². The van der Waals surface area contributed by atoms with Gasteiger partial charge in [-0.2, -0.15) is 0 Å². The molecule has 1 N–H and O–H groups in total. The number of methoxy groups -OCH3 is 1. The van der Waals surface area contributed by atoms with E-state index < -0.39 is 11.9 Å². The highest BCUT2D eigenvalue weighted by Crippen LogP contribution is 2.22. The number of carbonyl (C=O) groups excluding carboxylic acids is 2. The smallest absolute Gasteiger partial charge is 0.242 e. The van der Waals surface area contributed by atoms with Gasteiger partial charge < -0.3 is 15.0 Å². The molecule has 0 spiro atoms. The van der Waals surface area contributed by atoms with Crippen LogP contribution in [0.2, 0.25) is 5.02 Å². The van der Waals surface area contributed by atoms with E-state index in [2.05, 4.69) is 5.32 Å². The summed E-state index contributed by atoms with van der Waals surface area (Å²) in [7, 11) is 1.57. The van der Waals surface area contributed by atoms with Crippen molar-refractivity contribution >= 4 is 23.4 Å². The molecular formula is C22H26ClFN2O3.